The van der Waals surface area contributed by atoms with E-state index in [2.05, 4.69) is 13.5 Å². The molecule has 2 aromatic carbocycles. The topological polar surface area (TPSA) is 18.5 Å². The maximum absolute atomic E-state index is 14.9. The van der Waals surface area contributed by atoms with Crippen LogP contribution in [0, 0.1) is 41.0 Å². The number of halogens is 5. The van der Waals surface area contributed by atoms with Crippen LogP contribution in [-0.4, -0.2) is 12.8 Å². The molecule has 0 bridgehead atoms. The van der Waals surface area contributed by atoms with Crippen molar-refractivity contribution in [3.63, 3.8) is 0 Å². The van der Waals surface area contributed by atoms with Crippen molar-refractivity contribution < 1.29 is 31.4 Å². The van der Waals surface area contributed by atoms with Crippen molar-refractivity contribution in [2.75, 3.05) is 6.61 Å². The number of ether oxygens (including phenoxy) is 2. The first-order chi connectivity index (χ1) is 20.3. The number of allylic oxidation sites excluding steroid dienone is 1. The molecule has 0 aliphatic heterocycles. The van der Waals surface area contributed by atoms with Gasteiger partial charge in [-0.1, -0.05) is 76.5 Å². The summed E-state index contributed by atoms with van der Waals surface area (Å²) in [5, 5.41) is 0. The predicted octanol–water partition coefficient (Wildman–Crippen LogP) is 10.8. The summed E-state index contributed by atoms with van der Waals surface area (Å²) in [7, 11) is 0. The Bertz CT molecular complexity index is 1150. The molecule has 0 N–H and O–H groups in total. The molecule has 0 spiro atoms. The fraction of sp³-hybridized carbons (Fsp3) is 0.600. The molecule has 2 aliphatic rings. The van der Waals surface area contributed by atoms with Crippen LogP contribution >= 0.6 is 0 Å². The second-order valence-corrected chi connectivity index (χ2v) is 12.3. The molecule has 2 aromatic rings. The van der Waals surface area contributed by atoms with Crippen molar-refractivity contribution >= 4 is 0 Å². The molecule has 2 nitrogen and oxygen atoms in total. The molecule has 2 saturated carbocycles. The maximum atomic E-state index is 14.9. The predicted molar refractivity (Wildman–Crippen MR) is 157 cm³/mol. The van der Waals surface area contributed by atoms with Gasteiger partial charge in [0.1, 0.15) is 19.4 Å². The molecule has 0 radical (unpaired) electrons. The molecule has 1 unspecified atom stereocenters. The number of rotatable bonds is 14. The molecular formula is C35H45F5O2. The number of benzene rings is 2. The number of alkyl halides is 1. The molecule has 42 heavy (non-hydrogen) atoms. The minimum absolute atomic E-state index is 0.0657. The van der Waals surface area contributed by atoms with Gasteiger partial charge in [-0.05, 0) is 73.5 Å². The van der Waals surface area contributed by atoms with Gasteiger partial charge in [-0.3, -0.25) is 0 Å². The fourth-order valence-electron chi connectivity index (χ4n) is 6.64. The van der Waals surface area contributed by atoms with E-state index >= 15 is 0 Å². The summed E-state index contributed by atoms with van der Waals surface area (Å²) >= 11 is 0. The van der Waals surface area contributed by atoms with Crippen LogP contribution in [0.15, 0.2) is 36.9 Å². The average molecular weight is 593 g/mol. The normalized spacial score (nSPS) is 23.4. The first kappa shape index (κ1) is 32.3. The van der Waals surface area contributed by atoms with Gasteiger partial charge in [0.05, 0.1) is 0 Å². The van der Waals surface area contributed by atoms with Crippen molar-refractivity contribution in [2.45, 2.75) is 109 Å². The molecular weight excluding hydrogens is 547 g/mol. The summed E-state index contributed by atoms with van der Waals surface area (Å²) in [5.41, 5.74) is 0.241. The van der Waals surface area contributed by atoms with Crippen molar-refractivity contribution in [1.82, 2.24) is 0 Å². The summed E-state index contributed by atoms with van der Waals surface area (Å²) in [6.45, 7) is 5.17. The highest BCUT2D eigenvalue weighted by Crippen LogP contribution is 2.39. The number of unbranched alkanes of at least 4 members (excludes halogenated alkanes) is 2. The van der Waals surface area contributed by atoms with Crippen LogP contribution in [0.4, 0.5) is 22.0 Å². The van der Waals surface area contributed by atoms with Crippen molar-refractivity contribution in [3.8, 4) is 11.5 Å². The van der Waals surface area contributed by atoms with E-state index in [9.17, 15) is 22.0 Å². The molecule has 0 aromatic heterocycles. The van der Waals surface area contributed by atoms with E-state index in [-0.39, 0.29) is 24.0 Å². The molecule has 0 saturated heterocycles. The van der Waals surface area contributed by atoms with Crippen LogP contribution in [-0.2, 0) is 6.61 Å². The summed E-state index contributed by atoms with van der Waals surface area (Å²) in [5.74, 6) is -4.09. The van der Waals surface area contributed by atoms with Gasteiger partial charge < -0.3 is 9.47 Å². The summed E-state index contributed by atoms with van der Waals surface area (Å²) in [6.07, 6.45) is 13.5. The van der Waals surface area contributed by atoms with Gasteiger partial charge in [-0.25, -0.2) is 13.2 Å². The number of hydrogen-bond acceptors (Lipinski definition) is 2. The Morgan fingerprint density at radius 2 is 1.43 bits per heavy atom. The Kier molecular flexibility index (Phi) is 12.1. The lowest BCUT2D eigenvalue weighted by Crippen LogP contribution is -2.22. The Hall–Kier alpha value is -2.57. The van der Waals surface area contributed by atoms with Crippen LogP contribution in [0.1, 0.15) is 107 Å². The molecule has 1 atom stereocenters. The molecule has 7 heteroatoms. The van der Waals surface area contributed by atoms with Gasteiger partial charge in [-0.15, -0.1) is 6.58 Å². The largest absolute Gasteiger partial charge is 0.487 e. The second kappa shape index (κ2) is 15.8. The lowest BCUT2D eigenvalue weighted by atomic mass is 9.78. The van der Waals surface area contributed by atoms with Crippen molar-refractivity contribution in [1.29, 1.82) is 0 Å². The Balaban J connectivity index is 1.25. The quantitative estimate of drug-likeness (QED) is 0.123. The lowest BCUT2D eigenvalue weighted by molar-refractivity contribution is 0.141. The van der Waals surface area contributed by atoms with E-state index in [1.807, 2.05) is 6.08 Å². The third-order valence-electron chi connectivity index (χ3n) is 9.32. The van der Waals surface area contributed by atoms with Gasteiger partial charge in [0.25, 0.3) is 0 Å². The minimum Gasteiger partial charge on any atom is -0.487 e. The van der Waals surface area contributed by atoms with Crippen molar-refractivity contribution in [2.24, 2.45) is 17.8 Å². The van der Waals surface area contributed by atoms with E-state index in [4.69, 9.17) is 9.47 Å². The molecule has 4 rings (SSSR count). The molecule has 2 aliphatic carbocycles. The zero-order valence-corrected chi connectivity index (χ0v) is 24.8. The Morgan fingerprint density at radius 3 is 2.07 bits per heavy atom. The average Bonchev–Trinajstić information content (AvgIpc) is 3.00. The van der Waals surface area contributed by atoms with E-state index in [1.54, 1.807) is 6.07 Å². The van der Waals surface area contributed by atoms with Gasteiger partial charge >= 0.3 is 0 Å². The van der Waals surface area contributed by atoms with E-state index < -0.39 is 47.5 Å². The first-order valence-electron chi connectivity index (χ1n) is 15.8. The standard InChI is InChI=1S/C35H45F5O2/c1-3-5-6-7-24-8-10-25(11-9-24)20-28(36)22-42-31-19-18-30(34(39)35(31)40)41-21-27-16-17-29(33(38)32(27)37)26-14-12-23(4-2)13-15-26/h4,16-19,23-26,28H,2-3,5-15,20-22H2,1H3. The minimum atomic E-state index is -1.32. The van der Waals surface area contributed by atoms with Crippen LogP contribution in [0.2, 0.25) is 0 Å². The highest BCUT2D eigenvalue weighted by Gasteiger charge is 2.27. The van der Waals surface area contributed by atoms with Gasteiger partial charge in [0.15, 0.2) is 23.1 Å². The maximum Gasteiger partial charge on any atom is 0.204 e. The van der Waals surface area contributed by atoms with Gasteiger partial charge in [0.2, 0.25) is 11.6 Å². The highest BCUT2D eigenvalue weighted by atomic mass is 19.2. The Morgan fingerprint density at radius 1 is 0.786 bits per heavy atom. The molecule has 0 amide bonds. The third kappa shape index (κ3) is 8.50. The van der Waals surface area contributed by atoms with Crippen molar-refractivity contribution in [3.05, 3.63) is 71.3 Å². The van der Waals surface area contributed by atoms with Crippen LogP contribution in [0.3, 0.4) is 0 Å². The lowest BCUT2D eigenvalue weighted by Gasteiger charge is -2.29. The Labute approximate surface area is 247 Å². The summed E-state index contributed by atoms with van der Waals surface area (Å²) < 4.78 is 84.4. The SMILES string of the molecule is C=CC1CCC(c2ccc(COc3ccc(OCC(F)CC4CCC(CCCCC)CC4)c(F)c3F)c(F)c2F)CC1. The smallest absolute Gasteiger partial charge is 0.204 e. The summed E-state index contributed by atoms with van der Waals surface area (Å²) in [6, 6.07) is 5.30. The summed E-state index contributed by atoms with van der Waals surface area (Å²) in [4.78, 5) is 0. The number of hydrogen-bond donors (Lipinski definition) is 0. The van der Waals surface area contributed by atoms with Crippen LogP contribution in [0.5, 0.6) is 11.5 Å². The monoisotopic (exact) mass is 592 g/mol. The zero-order chi connectivity index (χ0) is 30.1. The first-order valence-corrected chi connectivity index (χ1v) is 15.8. The van der Waals surface area contributed by atoms with E-state index in [1.165, 1.54) is 37.8 Å². The fourth-order valence-corrected chi connectivity index (χ4v) is 6.64. The van der Waals surface area contributed by atoms with Gasteiger partial charge in [0, 0.05) is 5.56 Å². The zero-order valence-electron chi connectivity index (χ0n) is 24.8. The molecule has 232 valence electrons. The van der Waals surface area contributed by atoms with Crippen LogP contribution in [0.25, 0.3) is 0 Å². The van der Waals surface area contributed by atoms with Crippen LogP contribution < -0.4 is 9.47 Å². The van der Waals surface area contributed by atoms with Gasteiger partial charge in [-0.2, -0.15) is 8.78 Å². The van der Waals surface area contributed by atoms with E-state index in [0.717, 1.165) is 63.4 Å². The second-order valence-electron chi connectivity index (χ2n) is 12.3. The highest BCUT2D eigenvalue weighted by molar-refractivity contribution is 5.36. The molecule has 2 fully saturated rings. The van der Waals surface area contributed by atoms with E-state index in [0.29, 0.717) is 17.9 Å². The third-order valence-corrected chi connectivity index (χ3v) is 9.32. The molecule has 0 heterocycles.